The highest BCUT2D eigenvalue weighted by atomic mass is 28.3. The fourth-order valence-electron chi connectivity index (χ4n) is 6.64. The maximum atomic E-state index is 14.7. The molecule has 1 aromatic carbocycles. The minimum atomic E-state index is -1.89. The van der Waals surface area contributed by atoms with Gasteiger partial charge in [0.1, 0.15) is 25.0 Å². The molecule has 1 atom stereocenters. The lowest BCUT2D eigenvalue weighted by Gasteiger charge is -2.33. The molecule has 1 N–H and O–H groups in total. The molecular weight excluding hydrogens is 708 g/mol. The van der Waals surface area contributed by atoms with Crippen LogP contribution in [0.4, 0.5) is 10.2 Å². The molecule has 0 spiro atoms. The Morgan fingerprint density at radius 2 is 1.60 bits per heavy atom. The molecule has 288 valence electrons. The molecule has 1 aliphatic carbocycles. The van der Waals surface area contributed by atoms with E-state index in [1.54, 1.807) is 0 Å². The van der Waals surface area contributed by atoms with Gasteiger partial charge in [-0.15, -0.1) is 0 Å². The van der Waals surface area contributed by atoms with E-state index in [2.05, 4.69) is 55.9 Å². The van der Waals surface area contributed by atoms with Crippen molar-refractivity contribution in [2.45, 2.75) is 96.1 Å². The third kappa shape index (κ3) is 10.4. The van der Waals surface area contributed by atoms with E-state index in [1.807, 2.05) is 65.0 Å². The van der Waals surface area contributed by atoms with Crippen LogP contribution in [0.25, 0.3) is 28.2 Å². The van der Waals surface area contributed by atoms with Crippen LogP contribution in [0.1, 0.15) is 49.8 Å². The van der Waals surface area contributed by atoms with E-state index >= 15 is 0 Å². The number of alkyl halides is 1. The molecule has 0 amide bonds. The molecule has 0 saturated heterocycles. The van der Waals surface area contributed by atoms with Gasteiger partial charge in [0, 0.05) is 58.5 Å². The van der Waals surface area contributed by atoms with Crippen LogP contribution >= 0.6 is 0 Å². The third-order valence-corrected chi connectivity index (χ3v) is 13.2. The van der Waals surface area contributed by atoms with Crippen molar-refractivity contribution in [1.82, 2.24) is 24.4 Å². The number of ether oxygens (including phenoxy) is 3. The second kappa shape index (κ2) is 17.5. The van der Waals surface area contributed by atoms with Gasteiger partial charge in [0.2, 0.25) is 0 Å². The molecule has 0 aliphatic heterocycles. The lowest BCUT2D eigenvalue weighted by Crippen LogP contribution is -2.35. The first kappa shape index (κ1) is 40.3. The zero-order valence-electron chi connectivity index (χ0n) is 32.5. The van der Waals surface area contributed by atoms with Crippen LogP contribution in [0, 0.1) is 5.92 Å². The zero-order chi connectivity index (χ0) is 38.3. The smallest absolute Gasteiger partial charge is 0.338 e. The van der Waals surface area contributed by atoms with Crippen LogP contribution in [-0.2, 0) is 19.0 Å². The summed E-state index contributed by atoms with van der Waals surface area (Å²) in [4.78, 5) is 18.9. The number of aliphatic carboxylic acids is 1. The fourth-order valence-corrected chi connectivity index (χ4v) is 8.15. The van der Waals surface area contributed by atoms with Crippen molar-refractivity contribution < 1.29 is 28.5 Å². The van der Waals surface area contributed by atoms with Gasteiger partial charge >= 0.3 is 5.97 Å². The molecule has 5 rings (SSSR count). The van der Waals surface area contributed by atoms with Crippen LogP contribution in [0.15, 0.2) is 55.5 Å². The standard InChI is InChI=1S/C39H57FN6O5Si2/c1-9-51-28(2)34-36(30-17-15-29(16-18-30)35(40)39(47)48)43-37-33(31-23-41-45(25-31)32-13-11-10-12-14-32)24-42-46(37)38(34)44(26-49-19-21-52(3,4)5)27-50-20-22-53(6,7)8/h10-14,23-25,29-30,35H,2,9,15-22,26-27H2,1,3-8H3,(H,47,48)/t29-,30+,35?. The Labute approximate surface area is 315 Å². The Balaban J connectivity index is 1.65. The van der Waals surface area contributed by atoms with Gasteiger partial charge in [0.05, 0.1) is 35.9 Å². The van der Waals surface area contributed by atoms with E-state index in [-0.39, 0.29) is 19.4 Å². The summed E-state index contributed by atoms with van der Waals surface area (Å²) in [5.41, 5.74) is 4.67. The number of fused-ring (bicyclic) bond motifs is 1. The number of halogens is 1. The second-order valence-corrected chi connectivity index (χ2v) is 27.7. The molecule has 11 nitrogen and oxygen atoms in total. The Morgan fingerprint density at radius 1 is 0.981 bits per heavy atom. The first-order valence-corrected chi connectivity index (χ1v) is 26.2. The van der Waals surface area contributed by atoms with E-state index < -0.39 is 34.2 Å². The van der Waals surface area contributed by atoms with Crippen LogP contribution in [0.3, 0.4) is 0 Å². The van der Waals surface area contributed by atoms with Gasteiger partial charge in [0.25, 0.3) is 0 Å². The van der Waals surface area contributed by atoms with Crippen LogP contribution in [-0.4, -0.2) is 91.1 Å². The largest absolute Gasteiger partial charge is 0.494 e. The Hall–Kier alpha value is -3.86. The molecule has 14 heteroatoms. The highest BCUT2D eigenvalue weighted by molar-refractivity contribution is 6.76. The number of rotatable bonds is 19. The van der Waals surface area contributed by atoms with Gasteiger partial charge in [-0.25, -0.2) is 18.9 Å². The Morgan fingerprint density at radius 3 is 2.17 bits per heavy atom. The van der Waals surface area contributed by atoms with Gasteiger partial charge in [-0.1, -0.05) is 64.1 Å². The number of hydrogen-bond donors (Lipinski definition) is 1. The maximum Gasteiger partial charge on any atom is 0.338 e. The minimum Gasteiger partial charge on any atom is -0.494 e. The maximum absolute atomic E-state index is 14.7. The highest BCUT2D eigenvalue weighted by Gasteiger charge is 2.36. The molecule has 4 aromatic rings. The van der Waals surface area contributed by atoms with Crippen LogP contribution < -0.4 is 4.90 Å². The number of benzene rings is 1. The van der Waals surface area contributed by atoms with E-state index in [0.717, 1.165) is 34.6 Å². The third-order valence-electron chi connectivity index (χ3n) is 9.76. The lowest BCUT2D eigenvalue weighted by molar-refractivity contribution is -0.145. The van der Waals surface area contributed by atoms with Crippen molar-refractivity contribution in [3.63, 3.8) is 0 Å². The number of anilines is 1. The molecular formula is C39H57FN6O5Si2. The van der Waals surface area contributed by atoms with E-state index in [9.17, 15) is 14.3 Å². The number of nitrogens with zero attached hydrogens (tertiary/aromatic N) is 6. The quantitative estimate of drug-likeness (QED) is 0.0433. The second-order valence-electron chi connectivity index (χ2n) is 16.4. The number of carboxylic acids is 1. The average Bonchev–Trinajstić information content (AvgIpc) is 3.77. The van der Waals surface area contributed by atoms with Crippen LogP contribution in [0.5, 0.6) is 0 Å². The first-order valence-electron chi connectivity index (χ1n) is 18.8. The van der Waals surface area contributed by atoms with Gasteiger partial charge in [0.15, 0.2) is 11.8 Å². The minimum absolute atomic E-state index is 0.0968. The molecule has 53 heavy (non-hydrogen) atoms. The Bertz CT molecular complexity index is 1810. The summed E-state index contributed by atoms with van der Waals surface area (Å²) in [5.74, 6) is -0.899. The molecule has 3 heterocycles. The van der Waals surface area contributed by atoms with Gasteiger partial charge in [-0.2, -0.15) is 14.7 Å². The summed E-state index contributed by atoms with van der Waals surface area (Å²) >= 11 is 0. The number of hydrogen-bond acceptors (Lipinski definition) is 8. The highest BCUT2D eigenvalue weighted by Crippen LogP contribution is 2.43. The van der Waals surface area contributed by atoms with Gasteiger partial charge in [-0.3, -0.25) is 0 Å². The zero-order valence-corrected chi connectivity index (χ0v) is 34.5. The summed E-state index contributed by atoms with van der Waals surface area (Å²) in [6.45, 7) is 22.4. The van der Waals surface area contributed by atoms with E-state index in [0.29, 0.717) is 68.3 Å². The molecule has 0 radical (unpaired) electrons. The molecule has 1 unspecified atom stereocenters. The van der Waals surface area contributed by atoms with Crippen molar-refractivity contribution in [3.8, 4) is 16.8 Å². The molecule has 1 aliphatic rings. The summed E-state index contributed by atoms with van der Waals surface area (Å²) in [6, 6.07) is 11.9. The van der Waals surface area contributed by atoms with Gasteiger partial charge in [-0.05, 0) is 56.8 Å². The summed E-state index contributed by atoms with van der Waals surface area (Å²) in [7, 11) is -2.71. The molecule has 1 saturated carbocycles. The van der Waals surface area contributed by atoms with Crippen molar-refractivity contribution in [2.24, 2.45) is 5.92 Å². The van der Waals surface area contributed by atoms with Crippen LogP contribution in [0.2, 0.25) is 51.4 Å². The van der Waals surface area contributed by atoms with E-state index in [4.69, 9.17) is 24.3 Å². The topological polar surface area (TPSA) is 116 Å². The number of aromatic nitrogens is 5. The first-order chi connectivity index (χ1) is 25.2. The number of carboxylic acid groups (broad SMARTS) is 1. The lowest BCUT2D eigenvalue weighted by atomic mass is 9.77. The van der Waals surface area contributed by atoms with Crippen molar-refractivity contribution >= 4 is 39.3 Å². The van der Waals surface area contributed by atoms with Crippen molar-refractivity contribution in [2.75, 3.05) is 38.2 Å². The summed E-state index contributed by atoms with van der Waals surface area (Å²) in [5, 5.41) is 19.0. The van der Waals surface area contributed by atoms with Crippen molar-refractivity contribution in [1.29, 1.82) is 0 Å². The number of para-hydroxylation sites is 1. The molecule has 1 fully saturated rings. The molecule has 3 aromatic heterocycles. The number of carbonyl (C=O) groups is 1. The average molecular weight is 765 g/mol. The Kier molecular flexibility index (Phi) is 13.3. The SMILES string of the molecule is C=C(OCC)c1c(N(COCC[Si](C)(C)C)COCC[Si](C)(C)C)n2ncc(-c3cnn(-c4ccccc4)c3)c2nc1[C@H]1CC[C@@H](C(F)C(=O)O)CC1. The predicted molar refractivity (Wildman–Crippen MR) is 214 cm³/mol. The predicted octanol–water partition coefficient (Wildman–Crippen LogP) is 8.72. The fraction of sp³-hybridized carbons (Fsp3) is 0.538. The van der Waals surface area contributed by atoms with E-state index in [1.165, 1.54) is 0 Å². The summed E-state index contributed by atoms with van der Waals surface area (Å²) < 4.78 is 37.3. The van der Waals surface area contributed by atoms with Gasteiger partial charge < -0.3 is 24.2 Å². The normalized spacial score (nSPS) is 17.2. The monoisotopic (exact) mass is 764 g/mol. The summed E-state index contributed by atoms with van der Waals surface area (Å²) in [6.07, 6.45) is 5.70. The molecule has 0 bridgehead atoms. The van der Waals surface area contributed by atoms with Crippen molar-refractivity contribution in [3.05, 3.63) is 66.8 Å².